The monoisotopic (exact) mass is 536 g/mol. The van der Waals surface area contributed by atoms with E-state index in [9.17, 15) is 8.42 Å². The maximum atomic E-state index is 12.2. The molecule has 2 rings (SSSR count). The molecule has 0 radical (unpaired) electrons. The van der Waals surface area contributed by atoms with Crippen LogP contribution in [0.1, 0.15) is 45.6 Å². The third-order valence-corrected chi connectivity index (χ3v) is 7.21. The van der Waals surface area contributed by atoms with Crippen molar-refractivity contribution in [1.29, 1.82) is 0 Å². The summed E-state index contributed by atoms with van der Waals surface area (Å²) in [6, 6.07) is 10.8. The highest BCUT2D eigenvalue weighted by Gasteiger charge is 2.28. The van der Waals surface area contributed by atoms with Gasteiger partial charge in [0.1, 0.15) is 0 Å². The maximum Gasteiger partial charge on any atom is 0.214 e. The lowest BCUT2D eigenvalue weighted by atomic mass is 9.86. The van der Waals surface area contributed by atoms with Crippen molar-refractivity contribution in [3.05, 3.63) is 35.9 Å². The second-order valence-corrected chi connectivity index (χ2v) is 10.5. The Balaban J connectivity index is 0.00000420. The number of piperidine rings is 1. The largest absolute Gasteiger partial charge is 0.356 e. The highest BCUT2D eigenvalue weighted by molar-refractivity contribution is 14.0. The van der Waals surface area contributed by atoms with Gasteiger partial charge in [0.05, 0.1) is 5.75 Å². The van der Waals surface area contributed by atoms with Gasteiger partial charge in [0.15, 0.2) is 5.96 Å². The molecular formula is C21H37IN4O2S. The van der Waals surface area contributed by atoms with E-state index in [0.29, 0.717) is 19.5 Å². The summed E-state index contributed by atoms with van der Waals surface area (Å²) < 4.78 is 26.0. The second kappa shape index (κ2) is 12.1. The Morgan fingerprint density at radius 3 is 2.38 bits per heavy atom. The fourth-order valence-corrected chi connectivity index (χ4v) is 5.13. The maximum absolute atomic E-state index is 12.2. The zero-order valence-electron chi connectivity index (χ0n) is 18.1. The van der Waals surface area contributed by atoms with Crippen LogP contribution < -0.4 is 10.6 Å². The van der Waals surface area contributed by atoms with Gasteiger partial charge in [-0.3, -0.25) is 4.99 Å². The summed E-state index contributed by atoms with van der Waals surface area (Å²) in [6.45, 7) is 8.37. The Kier molecular flexibility index (Phi) is 10.9. The summed E-state index contributed by atoms with van der Waals surface area (Å²) in [5.41, 5.74) is 1.43. The highest BCUT2D eigenvalue weighted by Crippen LogP contribution is 2.21. The molecule has 0 spiro atoms. The van der Waals surface area contributed by atoms with Gasteiger partial charge in [-0.2, -0.15) is 0 Å². The molecule has 6 nitrogen and oxygen atoms in total. The van der Waals surface area contributed by atoms with Crippen molar-refractivity contribution in [3.8, 4) is 0 Å². The van der Waals surface area contributed by atoms with Crippen LogP contribution in [0.2, 0.25) is 0 Å². The lowest BCUT2D eigenvalue weighted by Crippen LogP contribution is -2.51. The van der Waals surface area contributed by atoms with Gasteiger partial charge in [0.2, 0.25) is 10.0 Å². The summed E-state index contributed by atoms with van der Waals surface area (Å²) in [5, 5.41) is 6.91. The van der Waals surface area contributed by atoms with E-state index >= 15 is 0 Å². The molecule has 29 heavy (non-hydrogen) atoms. The van der Waals surface area contributed by atoms with Gasteiger partial charge in [0, 0.05) is 32.7 Å². The third-order valence-electron chi connectivity index (χ3n) is 5.13. The number of halogens is 1. The van der Waals surface area contributed by atoms with E-state index in [1.54, 1.807) is 11.4 Å². The molecule has 0 unspecified atom stereocenters. The van der Waals surface area contributed by atoms with Crippen LogP contribution >= 0.6 is 24.0 Å². The predicted octanol–water partition coefficient (Wildman–Crippen LogP) is 3.24. The van der Waals surface area contributed by atoms with Gasteiger partial charge >= 0.3 is 0 Å². The number of sulfonamides is 1. The van der Waals surface area contributed by atoms with Gasteiger partial charge in [0.25, 0.3) is 0 Å². The fourth-order valence-electron chi connectivity index (χ4n) is 3.59. The first-order valence-electron chi connectivity index (χ1n) is 10.2. The number of rotatable bonds is 8. The molecule has 0 amide bonds. The standard InChI is InChI=1S/C21H36N4O2S.HI/c1-5-15-28(26,27)25-13-11-19(12-14-25)24-20(22-4)23-17-21(2,3)16-18-9-7-6-8-10-18;/h6-10,19H,5,11-17H2,1-4H3,(H2,22,23,24);1H. The molecule has 0 atom stereocenters. The molecule has 0 saturated carbocycles. The van der Waals surface area contributed by atoms with Gasteiger partial charge in [-0.25, -0.2) is 12.7 Å². The molecule has 0 aromatic heterocycles. The Labute approximate surface area is 194 Å². The normalized spacial score (nSPS) is 16.9. The first-order chi connectivity index (χ1) is 13.3. The molecule has 1 heterocycles. The summed E-state index contributed by atoms with van der Waals surface area (Å²) >= 11 is 0. The first kappa shape index (κ1) is 26.2. The molecule has 0 aliphatic carbocycles. The zero-order chi connectivity index (χ0) is 20.6. The molecule has 1 aromatic rings. The van der Waals surface area contributed by atoms with Gasteiger partial charge in [-0.05, 0) is 36.7 Å². The number of aliphatic imine (C=N–C) groups is 1. The van der Waals surface area contributed by atoms with Crippen LogP contribution in [0.25, 0.3) is 0 Å². The topological polar surface area (TPSA) is 73.8 Å². The van der Waals surface area contributed by atoms with Crippen molar-refractivity contribution in [3.63, 3.8) is 0 Å². The fraction of sp³-hybridized carbons (Fsp3) is 0.667. The van der Waals surface area contributed by atoms with E-state index in [1.165, 1.54) is 5.56 Å². The van der Waals surface area contributed by atoms with Gasteiger partial charge < -0.3 is 10.6 Å². The molecule has 166 valence electrons. The molecule has 2 N–H and O–H groups in total. The van der Waals surface area contributed by atoms with Crippen molar-refractivity contribution >= 4 is 40.0 Å². The number of benzene rings is 1. The number of guanidine groups is 1. The third kappa shape index (κ3) is 8.80. The minimum Gasteiger partial charge on any atom is -0.356 e. The van der Waals surface area contributed by atoms with Crippen molar-refractivity contribution in [2.75, 3.05) is 32.4 Å². The Hall–Kier alpha value is -0.870. The van der Waals surface area contributed by atoms with E-state index in [2.05, 4.69) is 53.7 Å². The summed E-state index contributed by atoms with van der Waals surface area (Å²) in [4.78, 5) is 4.35. The zero-order valence-corrected chi connectivity index (χ0v) is 21.3. The van der Waals surface area contributed by atoms with Gasteiger partial charge in [-0.1, -0.05) is 51.1 Å². The summed E-state index contributed by atoms with van der Waals surface area (Å²) in [7, 11) is -1.31. The molecule has 1 aromatic carbocycles. The van der Waals surface area contributed by atoms with Crippen LogP contribution in [-0.2, 0) is 16.4 Å². The van der Waals surface area contributed by atoms with Crippen molar-refractivity contribution in [1.82, 2.24) is 14.9 Å². The van der Waals surface area contributed by atoms with Crippen LogP contribution in [0.15, 0.2) is 35.3 Å². The minimum atomic E-state index is -3.09. The van der Waals surface area contributed by atoms with E-state index in [1.807, 2.05) is 13.0 Å². The van der Waals surface area contributed by atoms with Crippen LogP contribution in [0.3, 0.4) is 0 Å². The van der Waals surface area contributed by atoms with E-state index in [-0.39, 0.29) is 41.2 Å². The molecule has 1 aliphatic rings. The molecule has 0 bridgehead atoms. The van der Waals surface area contributed by atoms with E-state index in [0.717, 1.165) is 31.8 Å². The van der Waals surface area contributed by atoms with Crippen molar-refractivity contribution < 1.29 is 8.42 Å². The molecule has 1 saturated heterocycles. The Morgan fingerprint density at radius 2 is 1.83 bits per heavy atom. The van der Waals surface area contributed by atoms with Crippen molar-refractivity contribution in [2.45, 2.75) is 52.5 Å². The first-order valence-corrected chi connectivity index (χ1v) is 11.9. The molecule has 1 aliphatic heterocycles. The van der Waals surface area contributed by atoms with Crippen molar-refractivity contribution in [2.24, 2.45) is 10.4 Å². The smallest absolute Gasteiger partial charge is 0.214 e. The average molecular weight is 537 g/mol. The predicted molar refractivity (Wildman–Crippen MR) is 133 cm³/mol. The number of nitrogens with zero attached hydrogens (tertiary/aromatic N) is 2. The van der Waals surface area contributed by atoms with Crippen LogP contribution in [0.4, 0.5) is 0 Å². The quantitative estimate of drug-likeness (QED) is 0.304. The SMILES string of the molecule is CCCS(=O)(=O)N1CCC(NC(=NC)NCC(C)(C)Cc2ccccc2)CC1.I. The molecule has 8 heteroatoms. The van der Waals surface area contributed by atoms with E-state index < -0.39 is 10.0 Å². The molecule has 1 fully saturated rings. The van der Waals surface area contributed by atoms with Crippen LogP contribution in [0, 0.1) is 5.41 Å². The van der Waals surface area contributed by atoms with Gasteiger partial charge in [-0.15, -0.1) is 24.0 Å². The summed E-state index contributed by atoms with van der Waals surface area (Å²) in [6.07, 6.45) is 3.26. The number of hydrogen-bond donors (Lipinski definition) is 2. The van der Waals surface area contributed by atoms with Crippen LogP contribution in [-0.4, -0.2) is 57.2 Å². The number of hydrogen-bond acceptors (Lipinski definition) is 3. The Bertz CT molecular complexity index is 730. The Morgan fingerprint density at radius 1 is 1.21 bits per heavy atom. The minimum absolute atomic E-state index is 0. The lowest BCUT2D eigenvalue weighted by molar-refractivity contribution is 0.304. The van der Waals surface area contributed by atoms with Crippen LogP contribution in [0.5, 0.6) is 0 Å². The number of nitrogens with one attached hydrogen (secondary N) is 2. The lowest BCUT2D eigenvalue weighted by Gasteiger charge is -2.33. The molecular weight excluding hydrogens is 499 g/mol. The second-order valence-electron chi connectivity index (χ2n) is 8.39. The van der Waals surface area contributed by atoms with E-state index in [4.69, 9.17) is 0 Å². The average Bonchev–Trinajstić information content (AvgIpc) is 2.66. The highest BCUT2D eigenvalue weighted by atomic mass is 127. The summed E-state index contributed by atoms with van der Waals surface area (Å²) in [5.74, 6) is 1.03.